The number of nitrogens with one attached hydrogen (secondary N) is 1. The molecular weight excluding hydrogens is 478 g/mol. The Kier molecular flexibility index (Phi) is 5.78. The monoisotopic (exact) mass is 503 g/mol. The minimum atomic E-state index is -0.258. The van der Waals surface area contributed by atoms with E-state index in [0.29, 0.717) is 23.0 Å². The van der Waals surface area contributed by atoms with Crippen LogP contribution in [-0.2, 0) is 19.4 Å². The molecule has 0 radical (unpaired) electrons. The van der Waals surface area contributed by atoms with Gasteiger partial charge >= 0.3 is 6.03 Å². The number of fused-ring (bicyclic) bond motifs is 5. The van der Waals surface area contributed by atoms with Gasteiger partial charge in [-0.15, -0.1) is 11.3 Å². The Bertz CT molecular complexity index is 1390. The summed E-state index contributed by atoms with van der Waals surface area (Å²) in [5.41, 5.74) is 5.52. The van der Waals surface area contributed by atoms with Crippen molar-refractivity contribution in [1.29, 1.82) is 0 Å². The average molecular weight is 504 g/mol. The fourth-order valence-electron chi connectivity index (χ4n) is 5.28. The lowest BCUT2D eigenvalue weighted by Crippen LogP contribution is -2.38. The number of rotatable bonds is 3. The van der Waals surface area contributed by atoms with Crippen molar-refractivity contribution in [2.75, 3.05) is 12.4 Å². The van der Waals surface area contributed by atoms with Crippen LogP contribution < -0.4 is 10.1 Å². The molecule has 0 saturated heterocycles. The van der Waals surface area contributed by atoms with Crippen molar-refractivity contribution in [3.63, 3.8) is 0 Å². The normalized spacial score (nSPS) is 16.6. The molecular formula is C28H26ClN3O2S. The van der Waals surface area contributed by atoms with E-state index in [4.69, 9.17) is 16.3 Å². The van der Waals surface area contributed by atoms with Gasteiger partial charge in [-0.3, -0.25) is 0 Å². The number of halogens is 1. The van der Waals surface area contributed by atoms with E-state index in [-0.39, 0.29) is 12.1 Å². The molecule has 2 aromatic carbocycles. The Morgan fingerprint density at radius 3 is 2.71 bits per heavy atom. The van der Waals surface area contributed by atoms with E-state index in [0.717, 1.165) is 24.1 Å². The van der Waals surface area contributed by atoms with E-state index in [1.54, 1.807) is 7.11 Å². The standard InChI is InChI=1S/C28H26ClN3O2S/c1-34-21-7-4-6-20(16-21)30-28(33)32-17-23-22-8-2-3-10-25(22)35-27(23)31-15-5-9-24(31)26(32)18-11-13-19(29)14-12-18/h4-7,9,11-16,26H,2-3,8,10,17H2,1H3,(H,30,33). The number of carbonyl (C=O) groups is 1. The van der Waals surface area contributed by atoms with E-state index < -0.39 is 0 Å². The fourth-order valence-corrected chi connectivity index (χ4v) is 6.81. The van der Waals surface area contributed by atoms with Crippen molar-refractivity contribution in [3.8, 4) is 10.8 Å². The van der Waals surface area contributed by atoms with E-state index in [2.05, 4.69) is 28.2 Å². The number of ether oxygens (including phenoxy) is 1. The smallest absolute Gasteiger partial charge is 0.322 e. The molecule has 3 heterocycles. The highest BCUT2D eigenvalue weighted by molar-refractivity contribution is 7.15. The molecule has 5 nitrogen and oxygen atoms in total. The summed E-state index contributed by atoms with van der Waals surface area (Å²) in [5.74, 6) is 0.705. The van der Waals surface area contributed by atoms with Crippen LogP contribution in [0.1, 0.15) is 46.1 Å². The average Bonchev–Trinajstić information content (AvgIpc) is 3.47. The van der Waals surface area contributed by atoms with Crippen LogP contribution in [0.25, 0.3) is 5.00 Å². The number of amides is 2. The van der Waals surface area contributed by atoms with Crippen molar-refractivity contribution < 1.29 is 9.53 Å². The molecule has 0 bridgehead atoms. The highest BCUT2D eigenvalue weighted by atomic mass is 35.5. The first-order valence-electron chi connectivity index (χ1n) is 11.9. The van der Waals surface area contributed by atoms with Gasteiger partial charge in [-0.1, -0.05) is 29.8 Å². The number of hydrogen-bond donors (Lipinski definition) is 1. The molecule has 1 atom stereocenters. The molecule has 4 aromatic rings. The van der Waals surface area contributed by atoms with Crippen molar-refractivity contribution >= 4 is 34.7 Å². The number of hydrogen-bond acceptors (Lipinski definition) is 3. The summed E-state index contributed by atoms with van der Waals surface area (Å²) < 4.78 is 7.65. The first-order chi connectivity index (χ1) is 17.1. The molecule has 0 fully saturated rings. The summed E-state index contributed by atoms with van der Waals surface area (Å²) in [7, 11) is 1.63. The number of anilines is 1. The van der Waals surface area contributed by atoms with Crippen molar-refractivity contribution in [2.45, 2.75) is 38.3 Å². The number of aromatic nitrogens is 1. The number of benzene rings is 2. The molecule has 0 saturated carbocycles. The van der Waals surface area contributed by atoms with Crippen molar-refractivity contribution in [2.24, 2.45) is 0 Å². The summed E-state index contributed by atoms with van der Waals surface area (Å²) in [4.78, 5) is 17.4. The van der Waals surface area contributed by atoms with Crippen LogP contribution >= 0.6 is 22.9 Å². The van der Waals surface area contributed by atoms with Gasteiger partial charge in [0.2, 0.25) is 0 Å². The highest BCUT2D eigenvalue weighted by Gasteiger charge is 2.36. The van der Waals surface area contributed by atoms with Crippen LogP contribution in [0.4, 0.5) is 10.5 Å². The maximum absolute atomic E-state index is 13.9. The van der Waals surface area contributed by atoms with Gasteiger partial charge < -0.3 is 19.5 Å². The summed E-state index contributed by atoms with van der Waals surface area (Å²) in [6, 6.07) is 19.1. The third-order valence-corrected chi connectivity index (χ3v) is 8.53. The number of carbonyl (C=O) groups excluding carboxylic acids is 1. The number of methoxy groups -OCH3 is 1. The van der Waals surface area contributed by atoms with Crippen LogP contribution in [0.5, 0.6) is 5.75 Å². The largest absolute Gasteiger partial charge is 0.497 e. The zero-order valence-electron chi connectivity index (χ0n) is 19.5. The van der Waals surface area contributed by atoms with Gasteiger partial charge in [0.15, 0.2) is 0 Å². The molecule has 1 N–H and O–H groups in total. The molecule has 7 heteroatoms. The molecule has 1 aliphatic heterocycles. The third-order valence-electron chi connectivity index (χ3n) is 6.95. The molecule has 35 heavy (non-hydrogen) atoms. The van der Waals surface area contributed by atoms with Crippen LogP contribution in [-0.4, -0.2) is 22.6 Å². The Labute approximate surface area is 213 Å². The minimum absolute atomic E-state index is 0.144. The SMILES string of the molecule is COc1cccc(NC(=O)N2Cc3c(sc4c3CCCC4)-n3cccc3C2c2ccc(Cl)cc2)c1. The predicted octanol–water partition coefficient (Wildman–Crippen LogP) is 7.22. The van der Waals surface area contributed by atoms with Crippen LogP contribution in [0.3, 0.4) is 0 Å². The molecule has 6 rings (SSSR count). The summed E-state index contributed by atoms with van der Waals surface area (Å²) in [5, 5.41) is 5.05. The number of nitrogens with zero attached hydrogens (tertiary/aromatic N) is 2. The van der Waals surface area contributed by atoms with Gasteiger partial charge in [-0.05, 0) is 73.2 Å². The first kappa shape index (κ1) is 22.3. The van der Waals surface area contributed by atoms with E-state index in [1.807, 2.05) is 64.8 Å². The quantitative estimate of drug-likeness (QED) is 0.321. The van der Waals surface area contributed by atoms with Gasteiger partial charge in [0.1, 0.15) is 10.8 Å². The fraction of sp³-hybridized carbons (Fsp3) is 0.250. The summed E-state index contributed by atoms with van der Waals surface area (Å²) >= 11 is 8.11. The second-order valence-corrected chi connectivity index (χ2v) is 10.6. The maximum Gasteiger partial charge on any atom is 0.322 e. The zero-order valence-corrected chi connectivity index (χ0v) is 21.0. The molecule has 2 aliphatic rings. The van der Waals surface area contributed by atoms with E-state index >= 15 is 0 Å². The Hall–Kier alpha value is -3.22. The maximum atomic E-state index is 13.9. The Balaban J connectivity index is 1.48. The van der Waals surface area contributed by atoms with Crippen LogP contribution in [0.15, 0.2) is 66.9 Å². The number of aryl methyl sites for hydroxylation is 1. The van der Waals surface area contributed by atoms with Crippen LogP contribution in [0, 0.1) is 0 Å². The van der Waals surface area contributed by atoms with Crippen molar-refractivity contribution in [3.05, 3.63) is 99.1 Å². The van der Waals surface area contributed by atoms with E-state index in [9.17, 15) is 4.79 Å². The second kappa shape index (κ2) is 9.10. The molecule has 178 valence electrons. The second-order valence-electron chi connectivity index (χ2n) is 9.04. The molecule has 0 spiro atoms. The molecule has 2 aromatic heterocycles. The Morgan fingerprint density at radius 1 is 1.06 bits per heavy atom. The lowest BCUT2D eigenvalue weighted by atomic mass is 9.95. The van der Waals surface area contributed by atoms with E-state index in [1.165, 1.54) is 33.8 Å². The zero-order chi connectivity index (χ0) is 23.9. The van der Waals surface area contributed by atoms with Crippen molar-refractivity contribution in [1.82, 2.24) is 9.47 Å². The molecule has 1 unspecified atom stereocenters. The topological polar surface area (TPSA) is 46.5 Å². The number of thiophene rings is 1. The van der Waals surface area contributed by atoms with Crippen LogP contribution in [0.2, 0.25) is 5.02 Å². The highest BCUT2D eigenvalue weighted by Crippen LogP contribution is 2.44. The number of urea groups is 1. The van der Waals surface area contributed by atoms with Gasteiger partial charge in [-0.25, -0.2) is 4.79 Å². The predicted molar refractivity (Wildman–Crippen MR) is 141 cm³/mol. The third kappa shape index (κ3) is 4.01. The first-order valence-corrected chi connectivity index (χ1v) is 13.1. The Morgan fingerprint density at radius 2 is 1.89 bits per heavy atom. The van der Waals surface area contributed by atoms with Gasteiger partial charge in [0, 0.05) is 33.4 Å². The minimum Gasteiger partial charge on any atom is -0.497 e. The molecule has 2 amide bonds. The summed E-state index contributed by atoms with van der Waals surface area (Å²) in [6.45, 7) is 0.548. The van der Waals surface area contributed by atoms with Gasteiger partial charge in [-0.2, -0.15) is 0 Å². The van der Waals surface area contributed by atoms with Gasteiger partial charge in [0.05, 0.1) is 25.4 Å². The molecule has 1 aliphatic carbocycles. The lowest BCUT2D eigenvalue weighted by molar-refractivity contribution is 0.194. The van der Waals surface area contributed by atoms with Gasteiger partial charge in [0.25, 0.3) is 0 Å². The summed E-state index contributed by atoms with van der Waals surface area (Å²) in [6.07, 6.45) is 6.77. The lowest BCUT2D eigenvalue weighted by Gasteiger charge is -2.31.